The molecule has 0 radical (unpaired) electrons. The first-order chi connectivity index (χ1) is 12.1. The molecule has 1 heterocycles. The van der Waals surface area contributed by atoms with Crippen LogP contribution in [0.3, 0.4) is 0 Å². The van der Waals surface area contributed by atoms with Gasteiger partial charge in [0.2, 0.25) is 5.91 Å². The fourth-order valence-corrected chi connectivity index (χ4v) is 5.28. The minimum Gasteiger partial charge on any atom is -0.355 e. The summed E-state index contributed by atoms with van der Waals surface area (Å²) in [5, 5.41) is 8.19. The van der Waals surface area contributed by atoms with Crippen molar-refractivity contribution >= 4 is 29.0 Å². The molecule has 1 aromatic carbocycles. The van der Waals surface area contributed by atoms with Crippen LogP contribution in [0.2, 0.25) is 0 Å². The third-order valence-corrected chi connectivity index (χ3v) is 6.68. The summed E-state index contributed by atoms with van der Waals surface area (Å²) in [6, 6.07) is 10.6. The quantitative estimate of drug-likeness (QED) is 0.657. The Kier molecular flexibility index (Phi) is 6.24. The molecule has 0 unspecified atom stereocenters. The molecule has 0 saturated heterocycles. The SMILES string of the molecule is CC(C)Sc1ccc(CC(=O)NCC2(c3ccsc3)CCCC2)cc1. The molecule has 0 spiro atoms. The highest BCUT2D eigenvalue weighted by molar-refractivity contribution is 7.99. The van der Waals surface area contributed by atoms with Crippen LogP contribution in [0.5, 0.6) is 0 Å². The van der Waals surface area contributed by atoms with Crippen LogP contribution >= 0.6 is 23.1 Å². The number of thioether (sulfide) groups is 1. The van der Waals surface area contributed by atoms with Crippen molar-refractivity contribution in [3.05, 3.63) is 52.2 Å². The molecule has 134 valence electrons. The summed E-state index contributed by atoms with van der Waals surface area (Å²) in [4.78, 5) is 13.7. The average Bonchev–Trinajstić information content (AvgIpc) is 3.26. The van der Waals surface area contributed by atoms with E-state index in [4.69, 9.17) is 0 Å². The van der Waals surface area contributed by atoms with Gasteiger partial charge in [0.15, 0.2) is 0 Å². The number of thiophene rings is 1. The van der Waals surface area contributed by atoms with Gasteiger partial charge in [0.05, 0.1) is 6.42 Å². The maximum Gasteiger partial charge on any atom is 0.224 e. The Morgan fingerprint density at radius 1 is 1.20 bits per heavy atom. The van der Waals surface area contributed by atoms with Crippen molar-refractivity contribution in [2.24, 2.45) is 0 Å². The van der Waals surface area contributed by atoms with Crippen molar-refractivity contribution in [1.82, 2.24) is 5.32 Å². The van der Waals surface area contributed by atoms with Gasteiger partial charge in [0, 0.05) is 22.1 Å². The molecule has 1 aliphatic carbocycles. The maximum atomic E-state index is 12.4. The van der Waals surface area contributed by atoms with Crippen LogP contribution in [0.4, 0.5) is 0 Å². The minimum atomic E-state index is 0.130. The van der Waals surface area contributed by atoms with E-state index in [9.17, 15) is 4.79 Å². The molecule has 1 N–H and O–H groups in total. The highest BCUT2D eigenvalue weighted by atomic mass is 32.2. The van der Waals surface area contributed by atoms with E-state index in [0.29, 0.717) is 11.7 Å². The molecule has 1 aliphatic rings. The Labute approximate surface area is 159 Å². The Bertz CT molecular complexity index is 670. The first-order valence-corrected chi connectivity index (χ1v) is 10.9. The molecular weight excluding hydrogens is 346 g/mol. The van der Waals surface area contributed by atoms with Crippen LogP contribution in [0.25, 0.3) is 0 Å². The molecule has 1 aromatic heterocycles. The van der Waals surface area contributed by atoms with E-state index in [2.05, 4.69) is 60.3 Å². The molecule has 1 saturated carbocycles. The molecule has 2 aromatic rings. The highest BCUT2D eigenvalue weighted by Crippen LogP contribution is 2.41. The summed E-state index contributed by atoms with van der Waals surface area (Å²) in [6.07, 6.45) is 5.37. The number of rotatable bonds is 7. The van der Waals surface area contributed by atoms with Crippen molar-refractivity contribution in [1.29, 1.82) is 0 Å². The number of carbonyl (C=O) groups is 1. The van der Waals surface area contributed by atoms with Crippen molar-refractivity contribution in [3.8, 4) is 0 Å². The van der Waals surface area contributed by atoms with Gasteiger partial charge in [0.1, 0.15) is 0 Å². The van der Waals surface area contributed by atoms with Crippen molar-refractivity contribution in [2.75, 3.05) is 6.54 Å². The second-order valence-electron chi connectivity index (χ2n) is 7.26. The van der Waals surface area contributed by atoms with E-state index in [0.717, 1.165) is 12.1 Å². The highest BCUT2D eigenvalue weighted by Gasteiger charge is 2.36. The average molecular weight is 374 g/mol. The summed E-state index contributed by atoms with van der Waals surface area (Å²) in [5.74, 6) is 0.130. The largest absolute Gasteiger partial charge is 0.355 e. The fraction of sp³-hybridized carbons (Fsp3) is 0.476. The number of nitrogens with one attached hydrogen (secondary N) is 1. The smallest absolute Gasteiger partial charge is 0.224 e. The van der Waals surface area contributed by atoms with Gasteiger partial charge in [-0.15, -0.1) is 11.8 Å². The van der Waals surface area contributed by atoms with Crippen molar-refractivity contribution < 1.29 is 4.79 Å². The molecular formula is C21H27NOS2. The minimum absolute atomic E-state index is 0.130. The fourth-order valence-electron chi connectivity index (χ4n) is 3.66. The molecule has 0 atom stereocenters. The topological polar surface area (TPSA) is 29.1 Å². The van der Waals surface area contributed by atoms with E-state index in [-0.39, 0.29) is 11.3 Å². The monoisotopic (exact) mass is 373 g/mol. The van der Waals surface area contributed by atoms with Gasteiger partial charge in [0.25, 0.3) is 0 Å². The molecule has 1 fully saturated rings. The number of hydrogen-bond donors (Lipinski definition) is 1. The molecule has 1 amide bonds. The molecule has 3 rings (SSSR count). The Morgan fingerprint density at radius 3 is 2.52 bits per heavy atom. The first kappa shape index (κ1) is 18.5. The van der Waals surface area contributed by atoms with Crippen LogP contribution < -0.4 is 5.32 Å². The third kappa shape index (κ3) is 4.89. The predicted molar refractivity (Wildman–Crippen MR) is 109 cm³/mol. The molecule has 2 nitrogen and oxygen atoms in total. The Hall–Kier alpha value is -1.26. The predicted octanol–water partition coefficient (Wildman–Crippen LogP) is 5.42. The summed E-state index contributed by atoms with van der Waals surface area (Å²) in [7, 11) is 0. The van der Waals surface area contributed by atoms with E-state index >= 15 is 0 Å². The van der Waals surface area contributed by atoms with Gasteiger partial charge >= 0.3 is 0 Å². The van der Waals surface area contributed by atoms with E-state index in [1.807, 2.05) is 11.8 Å². The molecule has 0 aliphatic heterocycles. The van der Waals surface area contributed by atoms with Gasteiger partial charge < -0.3 is 5.32 Å². The lowest BCUT2D eigenvalue weighted by Gasteiger charge is -2.28. The summed E-state index contributed by atoms with van der Waals surface area (Å²) >= 11 is 3.60. The van der Waals surface area contributed by atoms with Crippen LogP contribution in [-0.2, 0) is 16.6 Å². The van der Waals surface area contributed by atoms with Gasteiger partial charge in [-0.1, -0.05) is 38.8 Å². The second-order valence-corrected chi connectivity index (χ2v) is 9.69. The van der Waals surface area contributed by atoms with E-state index < -0.39 is 0 Å². The van der Waals surface area contributed by atoms with E-state index in [1.54, 1.807) is 11.3 Å². The van der Waals surface area contributed by atoms with Crippen LogP contribution in [0, 0.1) is 0 Å². The van der Waals surface area contributed by atoms with Crippen LogP contribution in [0.15, 0.2) is 46.0 Å². The lowest BCUT2D eigenvalue weighted by atomic mass is 9.80. The Balaban J connectivity index is 1.55. The first-order valence-electron chi connectivity index (χ1n) is 9.12. The zero-order valence-corrected chi connectivity index (χ0v) is 16.7. The van der Waals surface area contributed by atoms with Crippen LogP contribution in [0.1, 0.15) is 50.7 Å². The number of amides is 1. The Morgan fingerprint density at radius 2 is 1.92 bits per heavy atom. The van der Waals surface area contributed by atoms with Crippen LogP contribution in [-0.4, -0.2) is 17.7 Å². The number of carbonyl (C=O) groups excluding carboxylic acids is 1. The van der Waals surface area contributed by atoms with Crippen molar-refractivity contribution in [3.63, 3.8) is 0 Å². The summed E-state index contributed by atoms with van der Waals surface area (Å²) < 4.78 is 0. The number of benzene rings is 1. The van der Waals surface area contributed by atoms with Gasteiger partial charge in [-0.25, -0.2) is 0 Å². The lowest BCUT2D eigenvalue weighted by Crippen LogP contribution is -2.39. The van der Waals surface area contributed by atoms with Gasteiger partial charge in [-0.3, -0.25) is 4.79 Å². The van der Waals surface area contributed by atoms with Gasteiger partial charge in [-0.2, -0.15) is 11.3 Å². The zero-order chi connectivity index (χ0) is 17.7. The lowest BCUT2D eigenvalue weighted by molar-refractivity contribution is -0.120. The normalized spacial score (nSPS) is 16.3. The maximum absolute atomic E-state index is 12.4. The molecule has 4 heteroatoms. The standard InChI is InChI=1S/C21H27NOS2/c1-16(2)25-19-7-5-17(6-8-19)13-20(23)22-15-21(10-3-4-11-21)18-9-12-24-14-18/h5-9,12,14,16H,3-4,10-11,13,15H2,1-2H3,(H,22,23). The summed E-state index contributed by atoms with van der Waals surface area (Å²) in [6.45, 7) is 5.15. The zero-order valence-electron chi connectivity index (χ0n) is 15.1. The van der Waals surface area contributed by atoms with Crippen molar-refractivity contribution in [2.45, 2.75) is 61.5 Å². The second kappa shape index (κ2) is 8.41. The molecule has 0 bridgehead atoms. The molecule has 25 heavy (non-hydrogen) atoms. The summed E-state index contributed by atoms with van der Waals surface area (Å²) in [5.41, 5.74) is 2.65. The third-order valence-electron chi connectivity index (χ3n) is 4.98. The number of hydrogen-bond acceptors (Lipinski definition) is 3. The van der Waals surface area contributed by atoms with E-state index in [1.165, 1.54) is 36.1 Å². The van der Waals surface area contributed by atoms with Gasteiger partial charge in [-0.05, 0) is 52.9 Å².